The molecule has 0 radical (unpaired) electrons. The number of benzene rings is 1. The minimum absolute atomic E-state index is 0.147. The van der Waals surface area contributed by atoms with Crippen LogP contribution in [0.15, 0.2) is 18.2 Å². The molecular formula is C10H6F5NO2. The number of alkyl halides is 5. The van der Waals surface area contributed by atoms with Gasteiger partial charge in [0, 0.05) is 0 Å². The summed E-state index contributed by atoms with van der Waals surface area (Å²) in [7, 11) is 0. The molecule has 0 aliphatic carbocycles. The van der Waals surface area contributed by atoms with E-state index in [9.17, 15) is 22.0 Å². The van der Waals surface area contributed by atoms with Crippen molar-refractivity contribution in [1.29, 1.82) is 5.26 Å². The highest BCUT2D eigenvalue weighted by Gasteiger charge is 2.32. The molecule has 0 N–H and O–H groups in total. The van der Waals surface area contributed by atoms with Crippen LogP contribution in [0.3, 0.4) is 0 Å². The fraction of sp³-hybridized carbons (Fsp3) is 0.300. The number of nitrogens with zero attached hydrogens (tertiary/aromatic N) is 1. The van der Waals surface area contributed by atoms with Crippen molar-refractivity contribution >= 4 is 0 Å². The number of hydrogen-bond acceptors (Lipinski definition) is 3. The Morgan fingerprint density at radius 1 is 1.22 bits per heavy atom. The predicted molar refractivity (Wildman–Crippen MR) is 49.1 cm³/mol. The fourth-order valence-corrected chi connectivity index (χ4v) is 1.15. The second-order valence-electron chi connectivity index (χ2n) is 3.04. The first-order valence-corrected chi connectivity index (χ1v) is 4.52. The molecule has 0 aromatic heterocycles. The van der Waals surface area contributed by atoms with Gasteiger partial charge in [0.15, 0.2) is 11.5 Å². The molecule has 3 nitrogen and oxygen atoms in total. The molecule has 18 heavy (non-hydrogen) atoms. The van der Waals surface area contributed by atoms with Crippen molar-refractivity contribution in [1.82, 2.24) is 0 Å². The molecule has 0 saturated heterocycles. The van der Waals surface area contributed by atoms with Gasteiger partial charge in [-0.25, -0.2) is 0 Å². The summed E-state index contributed by atoms with van der Waals surface area (Å²) < 4.78 is 67.5. The van der Waals surface area contributed by atoms with Gasteiger partial charge in [0.25, 0.3) is 0 Å². The Labute approximate surface area is 98.3 Å². The Morgan fingerprint density at radius 3 is 2.39 bits per heavy atom. The van der Waals surface area contributed by atoms with Crippen LogP contribution in [0, 0.1) is 11.3 Å². The van der Waals surface area contributed by atoms with Crippen LogP contribution in [0.25, 0.3) is 0 Å². The summed E-state index contributed by atoms with van der Waals surface area (Å²) in [6.07, 6.45) is -5.16. The zero-order valence-corrected chi connectivity index (χ0v) is 8.67. The predicted octanol–water partition coefficient (Wildman–Crippen LogP) is 3.25. The first kappa shape index (κ1) is 14.0. The van der Waals surface area contributed by atoms with Gasteiger partial charge in [-0.1, -0.05) is 6.07 Å². The second kappa shape index (κ2) is 5.53. The van der Waals surface area contributed by atoms with Gasteiger partial charge in [-0.3, -0.25) is 0 Å². The summed E-state index contributed by atoms with van der Waals surface area (Å²) >= 11 is 0. The lowest BCUT2D eigenvalue weighted by Gasteiger charge is -2.14. The molecule has 0 amide bonds. The van der Waals surface area contributed by atoms with E-state index < -0.39 is 24.5 Å². The SMILES string of the molecule is N#CCc1ccc(OC(F)(F)F)c(OC(F)F)c1. The van der Waals surface area contributed by atoms with Crippen molar-refractivity contribution in [2.24, 2.45) is 0 Å². The van der Waals surface area contributed by atoms with Gasteiger partial charge >= 0.3 is 13.0 Å². The van der Waals surface area contributed by atoms with E-state index in [1.165, 1.54) is 0 Å². The molecule has 0 spiro atoms. The van der Waals surface area contributed by atoms with Crippen molar-refractivity contribution in [2.75, 3.05) is 0 Å². The van der Waals surface area contributed by atoms with Gasteiger partial charge in [-0.15, -0.1) is 13.2 Å². The molecule has 0 aliphatic heterocycles. The van der Waals surface area contributed by atoms with Crippen LogP contribution >= 0.6 is 0 Å². The summed E-state index contributed by atoms with van der Waals surface area (Å²) in [5.41, 5.74) is 0.239. The lowest BCUT2D eigenvalue weighted by molar-refractivity contribution is -0.275. The molecule has 8 heteroatoms. The molecule has 0 fully saturated rings. The van der Waals surface area contributed by atoms with E-state index in [0.717, 1.165) is 18.2 Å². The lowest BCUT2D eigenvalue weighted by Crippen LogP contribution is -2.18. The smallest absolute Gasteiger partial charge is 0.431 e. The maximum atomic E-state index is 12.0. The van der Waals surface area contributed by atoms with Crippen LogP contribution in [0.2, 0.25) is 0 Å². The number of rotatable bonds is 4. The number of nitriles is 1. The van der Waals surface area contributed by atoms with E-state index in [1.807, 2.05) is 0 Å². The van der Waals surface area contributed by atoms with Crippen LogP contribution in [-0.2, 0) is 6.42 Å². The van der Waals surface area contributed by atoms with E-state index in [4.69, 9.17) is 5.26 Å². The normalized spacial score (nSPS) is 11.2. The highest BCUT2D eigenvalue weighted by Crippen LogP contribution is 2.34. The summed E-state index contributed by atoms with van der Waals surface area (Å²) in [4.78, 5) is 0. The van der Waals surface area contributed by atoms with Gasteiger partial charge in [0.05, 0.1) is 12.5 Å². The molecule has 0 bridgehead atoms. The minimum Gasteiger partial charge on any atom is -0.431 e. The first-order chi connectivity index (χ1) is 8.31. The first-order valence-electron chi connectivity index (χ1n) is 4.52. The summed E-state index contributed by atoms with van der Waals surface area (Å²) in [5.74, 6) is -1.65. The molecule has 0 saturated carbocycles. The summed E-state index contributed by atoms with van der Waals surface area (Å²) in [6.45, 7) is -3.29. The van der Waals surface area contributed by atoms with Crippen LogP contribution in [0.1, 0.15) is 5.56 Å². The molecule has 0 aliphatic rings. The Bertz CT molecular complexity index is 453. The number of hydrogen-bond donors (Lipinski definition) is 0. The number of ether oxygens (including phenoxy) is 2. The van der Waals surface area contributed by atoms with Crippen molar-refractivity contribution in [3.8, 4) is 17.6 Å². The van der Waals surface area contributed by atoms with Gasteiger partial charge in [0.1, 0.15) is 0 Å². The largest absolute Gasteiger partial charge is 0.573 e. The van der Waals surface area contributed by atoms with E-state index in [-0.39, 0.29) is 12.0 Å². The fourth-order valence-electron chi connectivity index (χ4n) is 1.15. The van der Waals surface area contributed by atoms with Gasteiger partial charge < -0.3 is 9.47 Å². The van der Waals surface area contributed by atoms with E-state index in [0.29, 0.717) is 0 Å². The topological polar surface area (TPSA) is 42.2 Å². The molecule has 0 unspecified atom stereocenters. The Morgan fingerprint density at radius 2 is 1.89 bits per heavy atom. The van der Waals surface area contributed by atoms with Crippen LogP contribution in [-0.4, -0.2) is 13.0 Å². The monoisotopic (exact) mass is 267 g/mol. The Hall–Kier alpha value is -2.04. The minimum atomic E-state index is -5.02. The van der Waals surface area contributed by atoms with E-state index >= 15 is 0 Å². The average Bonchev–Trinajstić information content (AvgIpc) is 2.19. The van der Waals surface area contributed by atoms with Crippen LogP contribution in [0.5, 0.6) is 11.5 Å². The summed E-state index contributed by atoms with van der Waals surface area (Å²) in [5, 5.41) is 8.40. The standard InChI is InChI=1S/C10H6F5NO2/c11-9(12)17-8-5-6(3-4-16)1-2-7(8)18-10(13,14)15/h1-2,5,9H,3H2. The van der Waals surface area contributed by atoms with Gasteiger partial charge in [-0.2, -0.15) is 14.0 Å². The van der Waals surface area contributed by atoms with Crippen molar-refractivity contribution < 1.29 is 31.4 Å². The highest BCUT2D eigenvalue weighted by atomic mass is 19.4. The molecule has 1 aromatic carbocycles. The number of halogens is 5. The maximum Gasteiger partial charge on any atom is 0.573 e. The zero-order chi connectivity index (χ0) is 13.8. The lowest BCUT2D eigenvalue weighted by atomic mass is 10.1. The van der Waals surface area contributed by atoms with E-state index in [1.54, 1.807) is 6.07 Å². The Balaban J connectivity index is 3.05. The van der Waals surface area contributed by atoms with Crippen LogP contribution < -0.4 is 9.47 Å². The quantitative estimate of drug-likeness (QED) is 0.786. The van der Waals surface area contributed by atoms with Crippen LogP contribution in [0.4, 0.5) is 22.0 Å². The Kier molecular flexibility index (Phi) is 4.31. The van der Waals surface area contributed by atoms with Crippen molar-refractivity contribution in [3.05, 3.63) is 23.8 Å². The summed E-state index contributed by atoms with van der Waals surface area (Å²) in [6, 6.07) is 4.60. The third kappa shape index (κ3) is 4.45. The maximum absolute atomic E-state index is 12.0. The van der Waals surface area contributed by atoms with E-state index in [2.05, 4.69) is 9.47 Å². The van der Waals surface area contributed by atoms with Crippen molar-refractivity contribution in [2.45, 2.75) is 19.4 Å². The molecule has 1 rings (SSSR count). The molecular weight excluding hydrogens is 261 g/mol. The molecule has 0 heterocycles. The average molecular weight is 267 g/mol. The molecule has 1 aromatic rings. The second-order valence-corrected chi connectivity index (χ2v) is 3.04. The zero-order valence-electron chi connectivity index (χ0n) is 8.67. The van der Waals surface area contributed by atoms with Gasteiger partial charge in [-0.05, 0) is 17.7 Å². The highest BCUT2D eigenvalue weighted by molar-refractivity contribution is 5.43. The van der Waals surface area contributed by atoms with Gasteiger partial charge in [0.2, 0.25) is 0 Å². The molecule has 0 atom stereocenters. The molecule has 98 valence electrons. The third-order valence-corrected chi connectivity index (χ3v) is 1.73. The van der Waals surface area contributed by atoms with Crippen molar-refractivity contribution in [3.63, 3.8) is 0 Å². The third-order valence-electron chi connectivity index (χ3n) is 1.73.